The zero-order chi connectivity index (χ0) is 20.7. The molecule has 3 aromatic rings. The van der Waals surface area contributed by atoms with E-state index in [0.29, 0.717) is 0 Å². The van der Waals surface area contributed by atoms with Gasteiger partial charge in [-0.25, -0.2) is 15.0 Å². The van der Waals surface area contributed by atoms with Crippen molar-refractivity contribution in [2.75, 3.05) is 0 Å². The third-order valence-electron chi connectivity index (χ3n) is 3.45. The van der Waals surface area contributed by atoms with E-state index in [1.165, 1.54) is 12.8 Å². The van der Waals surface area contributed by atoms with Crippen molar-refractivity contribution in [3.8, 4) is 0 Å². The molecule has 3 aromatic heterocycles. The lowest BCUT2D eigenvalue weighted by Crippen LogP contribution is -2.10. The molecule has 0 atom stereocenters. The molecule has 0 amide bonds. The average molecular weight is 376 g/mol. The Morgan fingerprint density at radius 3 is 1.63 bits per heavy atom. The minimum atomic E-state index is 0.0451. The van der Waals surface area contributed by atoms with Gasteiger partial charge in [-0.15, -0.1) is 0 Å². The highest BCUT2D eigenvalue weighted by atomic mass is 16.3. The highest BCUT2D eigenvalue weighted by molar-refractivity contribution is 5.05. The second-order valence-corrected chi connectivity index (χ2v) is 9.33. The molecule has 0 unspecified atom stereocenters. The molecule has 0 saturated carbocycles. The van der Waals surface area contributed by atoms with Gasteiger partial charge in [0.1, 0.15) is 18.3 Å². The van der Waals surface area contributed by atoms with Crippen LogP contribution in [0, 0.1) is 0 Å². The highest BCUT2D eigenvalue weighted by Crippen LogP contribution is 2.21. The van der Waals surface area contributed by atoms with Crippen LogP contribution in [0.2, 0.25) is 0 Å². The van der Waals surface area contributed by atoms with Gasteiger partial charge in [0, 0.05) is 16.2 Å². The average Bonchev–Trinajstić information content (AvgIpc) is 3.28. The lowest BCUT2D eigenvalue weighted by Gasteiger charge is -2.12. The van der Waals surface area contributed by atoms with Crippen molar-refractivity contribution in [3.63, 3.8) is 0 Å². The van der Waals surface area contributed by atoms with E-state index in [9.17, 15) is 0 Å². The summed E-state index contributed by atoms with van der Waals surface area (Å²) in [4.78, 5) is 11.9. The Balaban J connectivity index is 0.000000202. The lowest BCUT2D eigenvalue weighted by atomic mass is 9.93. The van der Waals surface area contributed by atoms with Gasteiger partial charge < -0.3 is 13.3 Å². The van der Waals surface area contributed by atoms with Crippen LogP contribution in [-0.4, -0.2) is 15.0 Å². The lowest BCUT2D eigenvalue weighted by molar-refractivity contribution is 0.392. The van der Waals surface area contributed by atoms with Crippen molar-refractivity contribution < 1.29 is 13.3 Å². The van der Waals surface area contributed by atoms with Crippen molar-refractivity contribution in [1.29, 1.82) is 0 Å². The molecular formula is C21H33N3O3. The van der Waals surface area contributed by atoms with Crippen molar-refractivity contribution in [3.05, 3.63) is 55.1 Å². The third-order valence-corrected chi connectivity index (χ3v) is 3.45. The summed E-state index contributed by atoms with van der Waals surface area (Å²) in [5, 5.41) is 0. The summed E-state index contributed by atoms with van der Waals surface area (Å²) in [5.41, 5.74) is 1.26. The molecule has 0 spiro atoms. The quantitative estimate of drug-likeness (QED) is 0.485. The Hall–Kier alpha value is -2.37. The van der Waals surface area contributed by atoms with Gasteiger partial charge >= 0.3 is 0 Å². The number of aromatic nitrogens is 3. The van der Waals surface area contributed by atoms with Crippen LogP contribution in [0.3, 0.4) is 0 Å². The molecule has 3 heterocycles. The summed E-state index contributed by atoms with van der Waals surface area (Å²) < 4.78 is 15.0. The molecule has 150 valence electrons. The first-order chi connectivity index (χ1) is 12.3. The zero-order valence-corrected chi connectivity index (χ0v) is 18.0. The Bertz CT molecular complexity index is 619. The Kier molecular flexibility index (Phi) is 7.57. The molecule has 6 nitrogen and oxygen atoms in total. The van der Waals surface area contributed by atoms with E-state index < -0.39 is 0 Å². The number of nitrogens with zero attached hydrogens (tertiary/aromatic N) is 3. The monoisotopic (exact) mass is 375 g/mol. The van der Waals surface area contributed by atoms with Gasteiger partial charge in [-0.2, -0.15) is 0 Å². The molecule has 0 fully saturated rings. The van der Waals surface area contributed by atoms with E-state index >= 15 is 0 Å². The SMILES string of the molecule is CC(C)(C)c1cnco1.CC(C)(C)c1cocn1.CC(C)(C)c1ncco1. The van der Waals surface area contributed by atoms with Gasteiger partial charge in [0.25, 0.3) is 0 Å². The fraction of sp³-hybridized carbons (Fsp3) is 0.571. The molecule has 0 bridgehead atoms. The molecule has 0 radical (unpaired) electrons. The summed E-state index contributed by atoms with van der Waals surface area (Å²) >= 11 is 0. The predicted octanol–water partition coefficient (Wildman–Crippen LogP) is 5.92. The molecule has 0 aromatic carbocycles. The molecule has 0 saturated heterocycles. The topological polar surface area (TPSA) is 78.1 Å². The second-order valence-electron chi connectivity index (χ2n) is 9.33. The van der Waals surface area contributed by atoms with Crippen LogP contribution in [0.15, 0.2) is 51.0 Å². The summed E-state index contributed by atoms with van der Waals surface area (Å²) in [6.07, 6.45) is 9.61. The molecule has 27 heavy (non-hydrogen) atoms. The minimum absolute atomic E-state index is 0.0451. The maximum absolute atomic E-state index is 5.09. The number of hydrogen-bond donors (Lipinski definition) is 0. The Morgan fingerprint density at radius 2 is 1.41 bits per heavy atom. The van der Waals surface area contributed by atoms with Crippen molar-refractivity contribution in [2.45, 2.75) is 78.6 Å². The number of oxazole rings is 3. The molecule has 6 heteroatoms. The van der Waals surface area contributed by atoms with E-state index in [1.807, 2.05) is 0 Å². The maximum Gasteiger partial charge on any atom is 0.199 e. The summed E-state index contributed by atoms with van der Waals surface area (Å²) in [6.45, 7) is 18.8. The standard InChI is InChI=1S/3C7H11NO/c1-7(2,3)6-4-9-5-8-6;1-7(2,3)6-4-8-5-9-6;1-7(2,3)6-8-4-5-9-6/h3*4-5H,1-3H3. The first-order valence-electron chi connectivity index (χ1n) is 8.99. The summed E-state index contributed by atoms with van der Waals surface area (Å²) in [5.74, 6) is 1.73. The smallest absolute Gasteiger partial charge is 0.199 e. The van der Waals surface area contributed by atoms with Crippen LogP contribution < -0.4 is 0 Å². The van der Waals surface area contributed by atoms with Gasteiger partial charge in [-0.1, -0.05) is 62.3 Å². The fourth-order valence-electron chi connectivity index (χ4n) is 1.76. The first-order valence-corrected chi connectivity index (χ1v) is 8.99. The Labute approximate surface area is 162 Å². The number of rotatable bonds is 0. The predicted molar refractivity (Wildman–Crippen MR) is 106 cm³/mol. The third kappa shape index (κ3) is 8.24. The molecule has 3 rings (SSSR count). The normalized spacial score (nSPS) is 11.9. The van der Waals surface area contributed by atoms with Crippen LogP contribution in [-0.2, 0) is 16.2 Å². The molecule has 0 aliphatic carbocycles. The van der Waals surface area contributed by atoms with E-state index in [2.05, 4.69) is 77.3 Å². The van der Waals surface area contributed by atoms with E-state index in [-0.39, 0.29) is 16.2 Å². The van der Waals surface area contributed by atoms with Crippen LogP contribution in [0.4, 0.5) is 0 Å². The van der Waals surface area contributed by atoms with Crippen LogP contribution in [0.5, 0.6) is 0 Å². The van der Waals surface area contributed by atoms with Crippen molar-refractivity contribution in [2.24, 2.45) is 0 Å². The van der Waals surface area contributed by atoms with Gasteiger partial charge in [0.15, 0.2) is 18.7 Å². The molecular weight excluding hydrogens is 342 g/mol. The van der Waals surface area contributed by atoms with Gasteiger partial charge in [0.2, 0.25) is 0 Å². The largest absolute Gasteiger partial charge is 0.451 e. The Morgan fingerprint density at radius 1 is 0.741 bits per heavy atom. The van der Waals surface area contributed by atoms with E-state index in [0.717, 1.165) is 17.3 Å². The van der Waals surface area contributed by atoms with Crippen molar-refractivity contribution in [1.82, 2.24) is 15.0 Å². The fourth-order valence-corrected chi connectivity index (χ4v) is 1.76. The van der Waals surface area contributed by atoms with Gasteiger partial charge in [0.05, 0.1) is 18.1 Å². The van der Waals surface area contributed by atoms with Gasteiger partial charge in [-0.3, -0.25) is 0 Å². The first kappa shape index (κ1) is 22.7. The second kappa shape index (κ2) is 9.02. The molecule has 0 aliphatic heterocycles. The van der Waals surface area contributed by atoms with Crippen LogP contribution >= 0.6 is 0 Å². The molecule has 0 N–H and O–H groups in total. The minimum Gasteiger partial charge on any atom is -0.451 e. The maximum atomic E-state index is 5.09. The van der Waals surface area contributed by atoms with Gasteiger partial charge in [-0.05, 0) is 0 Å². The van der Waals surface area contributed by atoms with Crippen LogP contribution in [0.25, 0.3) is 0 Å². The van der Waals surface area contributed by atoms with Crippen LogP contribution in [0.1, 0.15) is 79.7 Å². The summed E-state index contributed by atoms with van der Waals surface area (Å²) in [6, 6.07) is 0. The zero-order valence-electron chi connectivity index (χ0n) is 18.0. The highest BCUT2D eigenvalue weighted by Gasteiger charge is 2.18. The number of hydrogen-bond acceptors (Lipinski definition) is 6. The summed E-state index contributed by atoms with van der Waals surface area (Å²) in [7, 11) is 0. The molecule has 0 aliphatic rings. The van der Waals surface area contributed by atoms with E-state index in [1.54, 1.807) is 24.9 Å². The van der Waals surface area contributed by atoms with E-state index in [4.69, 9.17) is 13.3 Å². The van der Waals surface area contributed by atoms with Crippen molar-refractivity contribution >= 4 is 0 Å².